The second-order valence-corrected chi connectivity index (χ2v) is 9.56. The Labute approximate surface area is 218 Å². The first kappa shape index (κ1) is 29.6. The van der Waals surface area contributed by atoms with Gasteiger partial charge in [-0.3, -0.25) is 19.2 Å². The molecular weight excluding hydrogens is 502 g/mol. The number of para-hydroxylation sites is 1. The molecule has 2 aromatic rings. The first-order chi connectivity index (χ1) is 17.5. The number of amides is 3. The van der Waals surface area contributed by atoms with E-state index in [1.807, 2.05) is 30.5 Å². The van der Waals surface area contributed by atoms with Crippen molar-refractivity contribution in [1.29, 1.82) is 0 Å². The maximum Gasteiger partial charge on any atom is 0.326 e. The molecule has 0 saturated heterocycles. The third kappa shape index (κ3) is 9.10. The predicted molar refractivity (Wildman–Crippen MR) is 139 cm³/mol. The lowest BCUT2D eigenvalue weighted by Gasteiger charge is -2.23. The van der Waals surface area contributed by atoms with E-state index in [4.69, 9.17) is 10.8 Å². The SMILES string of the molecule is CSCCC(NC(=O)C(Cc1c[nH]c2ccccc12)NC(=O)C(C)NC(=O)C(N)CCC(=O)O)C(=O)O. The lowest BCUT2D eigenvalue weighted by atomic mass is 10.0. The van der Waals surface area contributed by atoms with Crippen LogP contribution in [0.5, 0.6) is 0 Å². The van der Waals surface area contributed by atoms with Gasteiger partial charge in [-0.05, 0) is 43.4 Å². The van der Waals surface area contributed by atoms with Crippen LogP contribution in [-0.2, 0) is 30.4 Å². The number of carbonyl (C=O) groups is 5. The van der Waals surface area contributed by atoms with Gasteiger partial charge in [0.1, 0.15) is 18.1 Å². The molecule has 4 atom stereocenters. The number of H-pyrrole nitrogens is 1. The average Bonchev–Trinajstić information content (AvgIpc) is 3.26. The molecule has 0 aliphatic carbocycles. The molecule has 0 bridgehead atoms. The van der Waals surface area contributed by atoms with Gasteiger partial charge in [-0.15, -0.1) is 0 Å². The molecule has 0 fully saturated rings. The molecule has 1 aromatic carbocycles. The number of aliphatic carboxylic acids is 2. The summed E-state index contributed by atoms with van der Waals surface area (Å²) in [5.74, 6) is -3.84. The van der Waals surface area contributed by atoms with E-state index in [0.29, 0.717) is 5.75 Å². The Kier molecular flexibility index (Phi) is 11.4. The zero-order valence-corrected chi connectivity index (χ0v) is 21.5. The van der Waals surface area contributed by atoms with Crippen molar-refractivity contribution in [2.75, 3.05) is 12.0 Å². The number of thioether (sulfide) groups is 1. The van der Waals surface area contributed by atoms with Crippen LogP contribution >= 0.6 is 11.8 Å². The number of nitrogens with two attached hydrogens (primary N) is 1. The highest BCUT2D eigenvalue weighted by Crippen LogP contribution is 2.19. The molecular formula is C24H33N5O7S. The van der Waals surface area contributed by atoms with E-state index < -0.39 is 53.8 Å². The molecule has 4 unspecified atom stereocenters. The summed E-state index contributed by atoms with van der Waals surface area (Å²) >= 11 is 1.44. The van der Waals surface area contributed by atoms with Crippen molar-refractivity contribution < 1.29 is 34.2 Å². The Balaban J connectivity index is 2.17. The quantitative estimate of drug-likeness (QED) is 0.166. The van der Waals surface area contributed by atoms with Gasteiger partial charge in [0, 0.05) is 29.9 Å². The Bertz CT molecular complexity index is 1120. The molecule has 0 radical (unpaired) electrons. The smallest absolute Gasteiger partial charge is 0.326 e. The number of nitrogens with one attached hydrogen (secondary N) is 4. The predicted octanol–water partition coefficient (Wildman–Crippen LogP) is 0.215. The average molecular weight is 536 g/mol. The van der Waals surface area contributed by atoms with Crippen LogP contribution < -0.4 is 21.7 Å². The van der Waals surface area contributed by atoms with E-state index in [-0.39, 0.29) is 25.7 Å². The number of aromatic nitrogens is 1. The lowest BCUT2D eigenvalue weighted by Crippen LogP contribution is -2.57. The minimum atomic E-state index is -1.18. The van der Waals surface area contributed by atoms with Gasteiger partial charge >= 0.3 is 11.9 Å². The van der Waals surface area contributed by atoms with Gasteiger partial charge in [-0.1, -0.05) is 18.2 Å². The number of benzene rings is 1. The van der Waals surface area contributed by atoms with Crippen molar-refractivity contribution in [1.82, 2.24) is 20.9 Å². The molecule has 37 heavy (non-hydrogen) atoms. The minimum Gasteiger partial charge on any atom is -0.481 e. The molecule has 1 aromatic heterocycles. The third-order valence-corrected chi connectivity index (χ3v) is 6.36. The standard InChI is InChI=1S/C24H33N5O7S/c1-13(27-22(33)16(25)7-8-20(30)31)21(32)29-19(23(34)28-18(24(35)36)9-10-37-2)11-14-12-26-17-6-4-3-5-15(14)17/h3-6,12-13,16,18-19,26H,7-11,25H2,1-2H3,(H,27,33)(H,28,34)(H,29,32)(H,30,31)(H,35,36). The number of hydrogen-bond donors (Lipinski definition) is 7. The summed E-state index contributed by atoms with van der Waals surface area (Å²) in [5, 5.41) is 26.6. The van der Waals surface area contributed by atoms with E-state index in [1.54, 1.807) is 6.20 Å². The molecule has 0 aliphatic heterocycles. The van der Waals surface area contributed by atoms with Crippen LogP contribution in [-0.4, -0.2) is 81.0 Å². The fourth-order valence-electron chi connectivity index (χ4n) is 3.59. The summed E-state index contributed by atoms with van der Waals surface area (Å²) in [5.41, 5.74) is 7.27. The van der Waals surface area contributed by atoms with Gasteiger partial charge in [0.15, 0.2) is 0 Å². The number of aromatic amines is 1. The third-order valence-electron chi connectivity index (χ3n) is 5.72. The molecule has 202 valence electrons. The molecule has 8 N–H and O–H groups in total. The highest BCUT2D eigenvalue weighted by molar-refractivity contribution is 7.98. The van der Waals surface area contributed by atoms with Gasteiger partial charge in [0.25, 0.3) is 0 Å². The maximum atomic E-state index is 13.2. The fourth-order valence-corrected chi connectivity index (χ4v) is 4.06. The Hall–Kier alpha value is -3.58. The summed E-state index contributed by atoms with van der Waals surface area (Å²) in [6.07, 6.45) is 3.40. The van der Waals surface area contributed by atoms with Crippen molar-refractivity contribution in [3.63, 3.8) is 0 Å². The van der Waals surface area contributed by atoms with Crippen LogP contribution in [0.4, 0.5) is 0 Å². The summed E-state index contributed by atoms with van der Waals surface area (Å²) in [7, 11) is 0. The molecule has 2 rings (SSSR count). The molecule has 0 saturated carbocycles. The summed E-state index contributed by atoms with van der Waals surface area (Å²) in [4.78, 5) is 63.8. The molecule has 0 spiro atoms. The van der Waals surface area contributed by atoms with Crippen molar-refractivity contribution in [2.24, 2.45) is 5.73 Å². The number of rotatable bonds is 15. The van der Waals surface area contributed by atoms with Crippen molar-refractivity contribution >= 4 is 52.3 Å². The van der Waals surface area contributed by atoms with Gasteiger partial charge in [-0.2, -0.15) is 11.8 Å². The van der Waals surface area contributed by atoms with E-state index >= 15 is 0 Å². The maximum absolute atomic E-state index is 13.2. The van der Waals surface area contributed by atoms with E-state index in [0.717, 1.165) is 16.5 Å². The van der Waals surface area contributed by atoms with Gasteiger partial charge < -0.3 is 36.9 Å². The van der Waals surface area contributed by atoms with E-state index in [9.17, 15) is 29.1 Å². The molecule has 0 aliphatic rings. The van der Waals surface area contributed by atoms with E-state index in [2.05, 4.69) is 20.9 Å². The fraction of sp³-hybridized carbons (Fsp3) is 0.458. The van der Waals surface area contributed by atoms with Gasteiger partial charge in [-0.25, -0.2) is 4.79 Å². The molecule has 3 amide bonds. The van der Waals surface area contributed by atoms with Crippen LogP contribution in [0.3, 0.4) is 0 Å². The van der Waals surface area contributed by atoms with E-state index in [1.165, 1.54) is 18.7 Å². The van der Waals surface area contributed by atoms with Crippen LogP contribution in [0, 0.1) is 0 Å². The number of fused-ring (bicyclic) bond motifs is 1. The zero-order chi connectivity index (χ0) is 27.5. The van der Waals surface area contributed by atoms with Crippen LogP contribution in [0.1, 0.15) is 31.7 Å². The van der Waals surface area contributed by atoms with Crippen LogP contribution in [0.15, 0.2) is 30.5 Å². The van der Waals surface area contributed by atoms with Gasteiger partial charge in [0.05, 0.1) is 6.04 Å². The zero-order valence-electron chi connectivity index (χ0n) is 20.7. The minimum absolute atomic E-state index is 0.0647. The largest absolute Gasteiger partial charge is 0.481 e. The summed E-state index contributed by atoms with van der Waals surface area (Å²) < 4.78 is 0. The number of carbonyl (C=O) groups excluding carboxylic acids is 3. The topological polar surface area (TPSA) is 204 Å². The van der Waals surface area contributed by atoms with Crippen LogP contribution in [0.2, 0.25) is 0 Å². The van der Waals surface area contributed by atoms with Gasteiger partial charge in [0.2, 0.25) is 17.7 Å². The monoisotopic (exact) mass is 535 g/mol. The van der Waals surface area contributed by atoms with Crippen molar-refractivity contribution in [2.45, 2.75) is 56.8 Å². The van der Waals surface area contributed by atoms with Crippen molar-refractivity contribution in [3.8, 4) is 0 Å². The Morgan fingerprint density at radius 3 is 2.30 bits per heavy atom. The highest BCUT2D eigenvalue weighted by Gasteiger charge is 2.29. The first-order valence-electron chi connectivity index (χ1n) is 11.7. The lowest BCUT2D eigenvalue weighted by molar-refractivity contribution is -0.142. The second kappa shape index (κ2) is 14.2. The second-order valence-electron chi connectivity index (χ2n) is 8.57. The number of carboxylic acids is 2. The normalized spacial score (nSPS) is 14.2. The highest BCUT2D eigenvalue weighted by atomic mass is 32.2. The molecule has 13 heteroatoms. The van der Waals surface area contributed by atoms with Crippen molar-refractivity contribution in [3.05, 3.63) is 36.0 Å². The Morgan fingerprint density at radius 1 is 0.973 bits per heavy atom. The molecule has 12 nitrogen and oxygen atoms in total. The molecule has 1 heterocycles. The Morgan fingerprint density at radius 2 is 1.65 bits per heavy atom. The summed E-state index contributed by atoms with van der Waals surface area (Å²) in [6, 6.07) is 2.93. The number of carboxylic acid groups (broad SMARTS) is 2. The first-order valence-corrected chi connectivity index (χ1v) is 13.1. The summed E-state index contributed by atoms with van der Waals surface area (Å²) in [6.45, 7) is 1.40. The number of hydrogen-bond acceptors (Lipinski definition) is 7. The van der Waals surface area contributed by atoms with Crippen LogP contribution in [0.25, 0.3) is 10.9 Å².